The Morgan fingerprint density at radius 2 is 2.25 bits per heavy atom. The summed E-state index contributed by atoms with van der Waals surface area (Å²) in [7, 11) is 1.99. The molecule has 1 unspecified atom stereocenters. The van der Waals surface area contributed by atoms with Crippen LogP contribution < -0.4 is 5.32 Å². The van der Waals surface area contributed by atoms with Gasteiger partial charge in [-0.15, -0.1) is 0 Å². The molecule has 2 rings (SSSR count). The van der Waals surface area contributed by atoms with E-state index in [2.05, 4.69) is 29.1 Å². The van der Waals surface area contributed by atoms with Crippen LogP contribution in [0.15, 0.2) is 18.6 Å². The molecule has 0 saturated carbocycles. The van der Waals surface area contributed by atoms with Crippen molar-refractivity contribution >= 4 is 16.9 Å². The lowest BCUT2D eigenvalue weighted by Crippen LogP contribution is -2.11. The average molecular weight is 218 g/mol. The van der Waals surface area contributed by atoms with Gasteiger partial charge >= 0.3 is 0 Å². The molecule has 0 amide bonds. The molecule has 4 heteroatoms. The van der Waals surface area contributed by atoms with E-state index in [-0.39, 0.29) is 0 Å². The fraction of sp³-hybridized carbons (Fsp3) is 0.500. The number of nitrogens with one attached hydrogen (secondary N) is 1. The van der Waals surface area contributed by atoms with Gasteiger partial charge in [-0.2, -0.15) is 0 Å². The van der Waals surface area contributed by atoms with Gasteiger partial charge in [-0.25, -0.2) is 9.97 Å². The van der Waals surface area contributed by atoms with Gasteiger partial charge in [-0.05, 0) is 12.0 Å². The van der Waals surface area contributed by atoms with Crippen molar-refractivity contribution in [1.29, 1.82) is 0 Å². The topological polar surface area (TPSA) is 42.7 Å². The highest BCUT2D eigenvalue weighted by molar-refractivity contribution is 5.85. The zero-order valence-corrected chi connectivity index (χ0v) is 10.1. The molecule has 2 aromatic rings. The zero-order chi connectivity index (χ0) is 11.5. The predicted octanol–water partition coefficient (Wildman–Crippen LogP) is 2.43. The normalized spacial score (nSPS) is 12.9. The molecule has 16 heavy (non-hydrogen) atoms. The summed E-state index contributed by atoms with van der Waals surface area (Å²) in [6.45, 7) is 5.37. The van der Waals surface area contributed by atoms with Crippen LogP contribution in [-0.2, 0) is 7.05 Å². The second-order valence-electron chi connectivity index (χ2n) is 4.28. The van der Waals surface area contributed by atoms with E-state index in [1.807, 2.05) is 30.2 Å². The summed E-state index contributed by atoms with van der Waals surface area (Å²) in [4.78, 5) is 8.70. The Labute approximate surface area is 95.7 Å². The smallest absolute Gasteiger partial charge is 0.154 e. The van der Waals surface area contributed by atoms with E-state index in [0.29, 0.717) is 5.92 Å². The van der Waals surface area contributed by atoms with Crippen molar-refractivity contribution in [2.75, 3.05) is 11.9 Å². The maximum Gasteiger partial charge on any atom is 0.154 e. The van der Waals surface area contributed by atoms with E-state index < -0.39 is 0 Å². The fourth-order valence-corrected chi connectivity index (χ4v) is 1.61. The van der Waals surface area contributed by atoms with Crippen LogP contribution in [0.4, 0.5) is 5.82 Å². The van der Waals surface area contributed by atoms with Gasteiger partial charge in [-0.3, -0.25) is 0 Å². The molecule has 0 aromatic carbocycles. The van der Waals surface area contributed by atoms with Crippen LogP contribution >= 0.6 is 0 Å². The summed E-state index contributed by atoms with van der Waals surface area (Å²) < 4.78 is 2.01. The van der Waals surface area contributed by atoms with E-state index in [9.17, 15) is 0 Å². The third-order valence-corrected chi connectivity index (χ3v) is 2.96. The second-order valence-corrected chi connectivity index (χ2v) is 4.28. The van der Waals surface area contributed by atoms with E-state index in [1.54, 1.807) is 0 Å². The Morgan fingerprint density at radius 3 is 3.00 bits per heavy atom. The quantitative estimate of drug-likeness (QED) is 0.857. The number of rotatable bonds is 4. The number of aryl methyl sites for hydroxylation is 1. The van der Waals surface area contributed by atoms with Crippen LogP contribution in [0.1, 0.15) is 20.3 Å². The standard InChI is InChI=1S/C12H18N4/c1-4-9(2)7-14-12-11-10(5-6-13-12)16(3)8-15-11/h5-6,8-9H,4,7H2,1-3H3,(H,13,14). The molecule has 0 bridgehead atoms. The molecule has 2 heterocycles. The number of anilines is 1. The largest absolute Gasteiger partial charge is 0.368 e. The van der Waals surface area contributed by atoms with Gasteiger partial charge in [-0.1, -0.05) is 20.3 Å². The van der Waals surface area contributed by atoms with Gasteiger partial charge in [0.1, 0.15) is 5.52 Å². The molecule has 1 N–H and O–H groups in total. The first-order valence-corrected chi connectivity index (χ1v) is 5.72. The van der Waals surface area contributed by atoms with E-state index in [0.717, 1.165) is 23.4 Å². The molecule has 0 saturated heterocycles. The molecule has 0 aliphatic rings. The highest BCUT2D eigenvalue weighted by Crippen LogP contribution is 2.18. The van der Waals surface area contributed by atoms with Crippen LogP contribution in [0, 0.1) is 5.92 Å². The minimum atomic E-state index is 0.653. The molecule has 86 valence electrons. The van der Waals surface area contributed by atoms with Crippen LogP contribution in [0.3, 0.4) is 0 Å². The minimum Gasteiger partial charge on any atom is -0.368 e. The van der Waals surface area contributed by atoms with Crippen molar-refractivity contribution in [3.05, 3.63) is 18.6 Å². The van der Waals surface area contributed by atoms with Crippen molar-refractivity contribution in [2.45, 2.75) is 20.3 Å². The first-order valence-electron chi connectivity index (χ1n) is 5.72. The first-order chi connectivity index (χ1) is 7.72. The number of hydrogen-bond acceptors (Lipinski definition) is 3. The molecule has 4 nitrogen and oxygen atoms in total. The monoisotopic (exact) mass is 218 g/mol. The Bertz CT molecular complexity index is 475. The van der Waals surface area contributed by atoms with Crippen molar-refractivity contribution in [3.63, 3.8) is 0 Å². The third-order valence-electron chi connectivity index (χ3n) is 2.96. The molecule has 0 spiro atoms. The van der Waals surface area contributed by atoms with Gasteiger partial charge in [0.25, 0.3) is 0 Å². The third kappa shape index (κ3) is 2.01. The molecule has 1 atom stereocenters. The Balaban J connectivity index is 2.24. The summed E-state index contributed by atoms with van der Waals surface area (Å²) in [6.07, 6.45) is 4.81. The summed E-state index contributed by atoms with van der Waals surface area (Å²) in [6, 6.07) is 1.98. The highest BCUT2D eigenvalue weighted by Gasteiger charge is 2.07. The minimum absolute atomic E-state index is 0.653. The van der Waals surface area contributed by atoms with Crippen molar-refractivity contribution in [2.24, 2.45) is 13.0 Å². The fourth-order valence-electron chi connectivity index (χ4n) is 1.61. The predicted molar refractivity (Wildman–Crippen MR) is 66.5 cm³/mol. The Kier molecular flexibility index (Phi) is 3.08. The average Bonchev–Trinajstić information content (AvgIpc) is 2.69. The second kappa shape index (κ2) is 4.51. The number of imidazole rings is 1. The summed E-state index contributed by atoms with van der Waals surface area (Å²) >= 11 is 0. The molecule has 0 fully saturated rings. The van der Waals surface area contributed by atoms with Gasteiger partial charge < -0.3 is 9.88 Å². The number of pyridine rings is 1. The molecule has 2 aromatic heterocycles. The summed E-state index contributed by atoms with van der Waals surface area (Å²) in [5, 5.41) is 3.36. The SMILES string of the molecule is CCC(C)CNc1nccc2c1ncn2C. The molecular weight excluding hydrogens is 200 g/mol. The maximum absolute atomic E-state index is 4.36. The number of aromatic nitrogens is 3. The molecule has 0 aliphatic heterocycles. The van der Waals surface area contributed by atoms with Crippen LogP contribution in [0.2, 0.25) is 0 Å². The van der Waals surface area contributed by atoms with Crippen LogP contribution in [-0.4, -0.2) is 21.1 Å². The number of hydrogen-bond donors (Lipinski definition) is 1. The number of nitrogens with zero attached hydrogens (tertiary/aromatic N) is 3. The zero-order valence-electron chi connectivity index (χ0n) is 10.1. The Morgan fingerprint density at radius 1 is 1.44 bits per heavy atom. The first kappa shape index (κ1) is 10.9. The lowest BCUT2D eigenvalue weighted by molar-refractivity contribution is 0.593. The molecule has 0 aliphatic carbocycles. The van der Waals surface area contributed by atoms with Crippen molar-refractivity contribution in [3.8, 4) is 0 Å². The lowest BCUT2D eigenvalue weighted by atomic mass is 10.1. The van der Waals surface area contributed by atoms with Gasteiger partial charge in [0.15, 0.2) is 5.82 Å². The van der Waals surface area contributed by atoms with E-state index in [4.69, 9.17) is 0 Å². The van der Waals surface area contributed by atoms with E-state index >= 15 is 0 Å². The van der Waals surface area contributed by atoms with Gasteiger partial charge in [0, 0.05) is 19.8 Å². The maximum atomic E-state index is 4.36. The highest BCUT2D eigenvalue weighted by atomic mass is 15.1. The molecular formula is C12H18N4. The molecule has 0 radical (unpaired) electrons. The van der Waals surface area contributed by atoms with Gasteiger partial charge in [0.05, 0.1) is 11.8 Å². The summed E-state index contributed by atoms with van der Waals surface area (Å²) in [5.41, 5.74) is 2.06. The van der Waals surface area contributed by atoms with Crippen LogP contribution in [0.25, 0.3) is 11.0 Å². The summed E-state index contributed by atoms with van der Waals surface area (Å²) in [5.74, 6) is 1.54. The van der Waals surface area contributed by atoms with Crippen molar-refractivity contribution < 1.29 is 0 Å². The Hall–Kier alpha value is -1.58. The number of fused-ring (bicyclic) bond motifs is 1. The van der Waals surface area contributed by atoms with Gasteiger partial charge in [0.2, 0.25) is 0 Å². The van der Waals surface area contributed by atoms with Crippen LogP contribution in [0.5, 0.6) is 0 Å². The van der Waals surface area contributed by atoms with Crippen molar-refractivity contribution in [1.82, 2.24) is 14.5 Å². The lowest BCUT2D eigenvalue weighted by Gasteiger charge is -2.10. The van der Waals surface area contributed by atoms with E-state index in [1.165, 1.54) is 6.42 Å².